The molecule has 0 bridgehead atoms. The van der Waals surface area contributed by atoms with Crippen LogP contribution in [0.4, 0.5) is 5.69 Å². The summed E-state index contributed by atoms with van der Waals surface area (Å²) in [6.45, 7) is 0. The van der Waals surface area contributed by atoms with Crippen LogP contribution >= 0.6 is 11.8 Å². The van der Waals surface area contributed by atoms with Gasteiger partial charge in [0.15, 0.2) is 11.1 Å². The standard InChI is InChI=1S/C26H20N2O5S/c29-23-22(15-17-6-10-19(11-7-17)18-4-2-1-3-5-18)34-26(28-23)27-20-12-8-16(9-13-20)14-21(24(30)31)25(32)33/h1-13,15,21H,14H2,(H,30,31)(H,32,33)(H,27,28,29)/b22-15-. The third kappa shape index (κ3) is 5.60. The molecule has 1 aliphatic heterocycles. The topological polar surface area (TPSA) is 116 Å². The molecule has 0 spiro atoms. The van der Waals surface area contributed by atoms with Gasteiger partial charge in [0, 0.05) is 0 Å². The minimum Gasteiger partial charge on any atom is -0.481 e. The van der Waals surface area contributed by atoms with Crippen LogP contribution in [-0.4, -0.2) is 33.2 Å². The van der Waals surface area contributed by atoms with E-state index in [-0.39, 0.29) is 12.3 Å². The van der Waals surface area contributed by atoms with Crippen molar-refractivity contribution < 1.29 is 24.6 Å². The number of carbonyl (C=O) groups is 3. The summed E-state index contributed by atoms with van der Waals surface area (Å²) < 4.78 is 0. The van der Waals surface area contributed by atoms with Crippen molar-refractivity contribution in [1.82, 2.24) is 5.32 Å². The summed E-state index contributed by atoms with van der Waals surface area (Å²) >= 11 is 1.23. The van der Waals surface area contributed by atoms with Crippen molar-refractivity contribution in [2.45, 2.75) is 6.42 Å². The van der Waals surface area contributed by atoms with Crippen LogP contribution in [0, 0.1) is 5.92 Å². The Kier molecular flexibility index (Phi) is 6.89. The highest BCUT2D eigenvalue weighted by molar-refractivity contribution is 8.18. The Labute approximate surface area is 199 Å². The molecular formula is C26H20N2O5S. The quantitative estimate of drug-likeness (QED) is 0.343. The first-order chi connectivity index (χ1) is 16.4. The van der Waals surface area contributed by atoms with E-state index in [0.29, 0.717) is 21.3 Å². The predicted molar refractivity (Wildman–Crippen MR) is 132 cm³/mol. The number of amides is 1. The van der Waals surface area contributed by atoms with E-state index < -0.39 is 17.9 Å². The van der Waals surface area contributed by atoms with E-state index in [4.69, 9.17) is 10.2 Å². The van der Waals surface area contributed by atoms with Gasteiger partial charge >= 0.3 is 11.9 Å². The summed E-state index contributed by atoms with van der Waals surface area (Å²) in [6, 6.07) is 24.5. The van der Waals surface area contributed by atoms with Crippen molar-refractivity contribution in [2.24, 2.45) is 10.9 Å². The molecule has 0 aromatic heterocycles. The maximum atomic E-state index is 12.4. The number of nitrogens with zero attached hydrogens (tertiary/aromatic N) is 1. The molecule has 0 saturated carbocycles. The van der Waals surface area contributed by atoms with Crippen LogP contribution in [0.15, 0.2) is 88.8 Å². The van der Waals surface area contributed by atoms with Gasteiger partial charge in [-0.2, -0.15) is 0 Å². The second-order valence-electron chi connectivity index (χ2n) is 7.57. The lowest BCUT2D eigenvalue weighted by Crippen LogP contribution is -2.25. The Morgan fingerprint density at radius 2 is 1.50 bits per heavy atom. The molecule has 1 aliphatic rings. The number of aliphatic imine (C=N–C) groups is 1. The van der Waals surface area contributed by atoms with Crippen molar-refractivity contribution in [1.29, 1.82) is 0 Å². The molecule has 7 nitrogen and oxygen atoms in total. The fourth-order valence-electron chi connectivity index (χ4n) is 3.37. The van der Waals surface area contributed by atoms with Gasteiger partial charge in [-0.3, -0.25) is 14.4 Å². The lowest BCUT2D eigenvalue weighted by Gasteiger charge is -2.07. The molecule has 0 unspecified atom stereocenters. The summed E-state index contributed by atoms with van der Waals surface area (Å²) in [6.07, 6.45) is 1.68. The first-order valence-corrected chi connectivity index (χ1v) is 11.2. The van der Waals surface area contributed by atoms with Gasteiger partial charge in [-0.05, 0) is 58.6 Å². The number of amidine groups is 1. The first kappa shape index (κ1) is 23.0. The Morgan fingerprint density at radius 3 is 2.12 bits per heavy atom. The van der Waals surface area contributed by atoms with Crippen LogP contribution in [0.5, 0.6) is 0 Å². The number of thioether (sulfide) groups is 1. The van der Waals surface area contributed by atoms with Crippen molar-refractivity contribution in [3.8, 4) is 11.1 Å². The Bertz CT molecular complexity index is 1270. The second kappa shape index (κ2) is 10.2. The van der Waals surface area contributed by atoms with Crippen molar-refractivity contribution in [3.05, 3.63) is 94.9 Å². The maximum Gasteiger partial charge on any atom is 0.318 e. The summed E-state index contributed by atoms with van der Waals surface area (Å²) in [5, 5.41) is 21.2. The monoisotopic (exact) mass is 472 g/mol. The third-order valence-corrected chi connectivity index (χ3v) is 6.08. The van der Waals surface area contributed by atoms with Crippen molar-refractivity contribution in [2.75, 3.05) is 0 Å². The van der Waals surface area contributed by atoms with Crippen molar-refractivity contribution in [3.63, 3.8) is 0 Å². The normalized spacial score (nSPS) is 15.6. The molecule has 1 fully saturated rings. The fraction of sp³-hybridized carbons (Fsp3) is 0.0769. The largest absolute Gasteiger partial charge is 0.481 e. The minimum absolute atomic E-state index is 0.122. The number of rotatable bonds is 7. The van der Waals surface area contributed by atoms with E-state index in [1.165, 1.54) is 11.8 Å². The molecule has 1 amide bonds. The number of carbonyl (C=O) groups excluding carboxylic acids is 1. The number of nitrogens with one attached hydrogen (secondary N) is 1. The zero-order chi connectivity index (χ0) is 24.1. The van der Waals surface area contributed by atoms with Gasteiger partial charge < -0.3 is 15.5 Å². The average molecular weight is 473 g/mol. The molecule has 4 rings (SSSR count). The summed E-state index contributed by atoms with van der Waals surface area (Å²) in [5.74, 6) is -4.50. The van der Waals surface area contributed by atoms with E-state index in [0.717, 1.165) is 16.7 Å². The summed E-state index contributed by atoms with van der Waals surface area (Å²) in [5.41, 5.74) is 4.24. The van der Waals surface area contributed by atoms with E-state index >= 15 is 0 Å². The summed E-state index contributed by atoms with van der Waals surface area (Å²) in [4.78, 5) is 39.5. The number of hydrogen-bond donors (Lipinski definition) is 3. The number of carboxylic acid groups (broad SMARTS) is 2. The predicted octanol–water partition coefficient (Wildman–Crippen LogP) is 4.57. The van der Waals surface area contributed by atoms with Crippen LogP contribution in [0.25, 0.3) is 17.2 Å². The lowest BCUT2D eigenvalue weighted by molar-refractivity contribution is -0.154. The molecule has 3 aromatic carbocycles. The molecule has 3 aromatic rings. The Balaban J connectivity index is 1.44. The number of carboxylic acids is 2. The minimum atomic E-state index is -1.50. The highest BCUT2D eigenvalue weighted by Gasteiger charge is 2.26. The van der Waals surface area contributed by atoms with Gasteiger partial charge in [0.2, 0.25) is 0 Å². The SMILES string of the molecule is O=C1NC(=Nc2ccc(CC(C(=O)O)C(=O)O)cc2)S/C1=C\c1ccc(-c2ccccc2)cc1. The molecule has 34 heavy (non-hydrogen) atoms. The summed E-state index contributed by atoms with van der Waals surface area (Å²) in [7, 11) is 0. The Morgan fingerprint density at radius 1 is 0.882 bits per heavy atom. The van der Waals surface area contributed by atoms with Crippen LogP contribution < -0.4 is 5.32 Å². The molecule has 0 atom stereocenters. The highest BCUT2D eigenvalue weighted by atomic mass is 32.2. The van der Waals surface area contributed by atoms with Gasteiger partial charge in [-0.1, -0.05) is 66.7 Å². The lowest BCUT2D eigenvalue weighted by atomic mass is 9.99. The van der Waals surface area contributed by atoms with Crippen LogP contribution in [0.3, 0.4) is 0 Å². The molecule has 1 saturated heterocycles. The van der Waals surface area contributed by atoms with E-state index in [9.17, 15) is 14.4 Å². The zero-order valence-corrected chi connectivity index (χ0v) is 18.7. The van der Waals surface area contributed by atoms with E-state index in [2.05, 4.69) is 10.3 Å². The van der Waals surface area contributed by atoms with E-state index in [1.54, 1.807) is 30.3 Å². The fourth-order valence-corrected chi connectivity index (χ4v) is 4.22. The van der Waals surface area contributed by atoms with Crippen LogP contribution in [-0.2, 0) is 20.8 Å². The van der Waals surface area contributed by atoms with Gasteiger partial charge in [-0.15, -0.1) is 0 Å². The molecule has 1 heterocycles. The van der Waals surface area contributed by atoms with Gasteiger partial charge in [0.05, 0.1) is 10.6 Å². The van der Waals surface area contributed by atoms with Crippen LogP contribution in [0.2, 0.25) is 0 Å². The average Bonchev–Trinajstić information content (AvgIpc) is 3.17. The molecule has 8 heteroatoms. The Hall–Kier alpha value is -4.17. The zero-order valence-electron chi connectivity index (χ0n) is 17.8. The smallest absolute Gasteiger partial charge is 0.318 e. The second-order valence-corrected chi connectivity index (χ2v) is 8.60. The molecular weight excluding hydrogens is 452 g/mol. The maximum absolute atomic E-state index is 12.4. The first-order valence-electron chi connectivity index (χ1n) is 10.4. The van der Waals surface area contributed by atoms with Crippen molar-refractivity contribution >= 4 is 46.5 Å². The molecule has 0 radical (unpaired) electrons. The van der Waals surface area contributed by atoms with Gasteiger partial charge in [-0.25, -0.2) is 4.99 Å². The highest BCUT2D eigenvalue weighted by Crippen LogP contribution is 2.29. The molecule has 170 valence electrons. The number of hydrogen-bond acceptors (Lipinski definition) is 5. The van der Waals surface area contributed by atoms with Crippen LogP contribution in [0.1, 0.15) is 11.1 Å². The molecule has 3 N–H and O–H groups in total. The molecule has 0 aliphatic carbocycles. The number of aliphatic carboxylic acids is 2. The van der Waals surface area contributed by atoms with Gasteiger partial charge in [0.1, 0.15) is 0 Å². The third-order valence-electron chi connectivity index (χ3n) is 5.17. The number of benzene rings is 3. The van der Waals surface area contributed by atoms with E-state index in [1.807, 2.05) is 54.6 Å². The van der Waals surface area contributed by atoms with Gasteiger partial charge in [0.25, 0.3) is 5.91 Å².